The van der Waals surface area contributed by atoms with Crippen LogP contribution in [0.25, 0.3) is 0 Å². The molecule has 1 aliphatic heterocycles. The van der Waals surface area contributed by atoms with Crippen LogP contribution in [0, 0.1) is 17.7 Å². The third-order valence-corrected chi connectivity index (χ3v) is 13.5. The summed E-state index contributed by atoms with van der Waals surface area (Å²) >= 11 is 0. The molecule has 1 saturated carbocycles. The molecule has 1 heterocycles. The van der Waals surface area contributed by atoms with Crippen LogP contribution in [0.5, 0.6) is 5.75 Å². The summed E-state index contributed by atoms with van der Waals surface area (Å²) in [6.07, 6.45) is 3.35. The monoisotopic (exact) mass is 546 g/mol. The molecule has 39 heavy (non-hydrogen) atoms. The van der Waals surface area contributed by atoms with Gasteiger partial charge in [-0.1, -0.05) is 87.5 Å². The number of hydrogen-bond donors (Lipinski definition) is 0. The predicted molar refractivity (Wildman–Crippen MR) is 155 cm³/mol. The standard InChI is InChI=1S/C33H39FO4Si/c1-5-36-32(35)28-20-17-23-16-19-27-24(18-21-29(27)38-31(23)30(28)34)22-37-39(33(2,3)4,25-12-8-6-9-13-25)26-14-10-7-11-15-26/h6-15,17,20,24,27,29H,5,16,18-19,21-22H2,1-4H3/t24-,27-,29+/m1/s1. The molecule has 0 aromatic heterocycles. The first-order chi connectivity index (χ1) is 18.8. The maximum atomic E-state index is 15.4. The van der Waals surface area contributed by atoms with Crippen molar-refractivity contribution in [3.05, 3.63) is 89.7 Å². The SMILES string of the molecule is CCOC(=O)c1ccc2c(c1F)O[C@H]1CC[C@H](CO[Si](c3ccccc3)(c3ccccc3)C(C)(C)C)[C@H]1CC2. The Kier molecular flexibility index (Phi) is 7.97. The van der Waals surface area contributed by atoms with Gasteiger partial charge in [-0.3, -0.25) is 0 Å². The molecule has 0 bridgehead atoms. The summed E-state index contributed by atoms with van der Waals surface area (Å²) in [5.41, 5.74) is 0.764. The lowest BCUT2D eigenvalue weighted by molar-refractivity contribution is 0.0518. The van der Waals surface area contributed by atoms with E-state index in [0.29, 0.717) is 18.9 Å². The van der Waals surface area contributed by atoms with Crippen LogP contribution in [0.1, 0.15) is 62.9 Å². The number of rotatable bonds is 7. The van der Waals surface area contributed by atoms with Crippen molar-refractivity contribution in [3.8, 4) is 5.75 Å². The van der Waals surface area contributed by atoms with Gasteiger partial charge in [-0.05, 0) is 65.6 Å². The Morgan fingerprint density at radius 1 is 0.949 bits per heavy atom. The molecule has 2 aliphatic rings. The van der Waals surface area contributed by atoms with Gasteiger partial charge in [0.05, 0.1) is 12.2 Å². The lowest BCUT2D eigenvalue weighted by Crippen LogP contribution is -2.67. The van der Waals surface area contributed by atoms with Crippen LogP contribution in [-0.4, -0.2) is 33.6 Å². The Labute approximate surface area is 232 Å². The fourth-order valence-corrected chi connectivity index (χ4v) is 11.3. The van der Waals surface area contributed by atoms with E-state index in [4.69, 9.17) is 13.9 Å². The van der Waals surface area contributed by atoms with Crippen molar-refractivity contribution in [3.63, 3.8) is 0 Å². The topological polar surface area (TPSA) is 44.8 Å². The van der Waals surface area contributed by atoms with Gasteiger partial charge in [-0.25, -0.2) is 9.18 Å². The number of carbonyl (C=O) groups excluding carboxylic acids is 1. The van der Waals surface area contributed by atoms with Gasteiger partial charge in [0.15, 0.2) is 11.6 Å². The van der Waals surface area contributed by atoms with Crippen molar-refractivity contribution in [2.75, 3.05) is 13.2 Å². The van der Waals surface area contributed by atoms with Gasteiger partial charge in [0.1, 0.15) is 6.10 Å². The molecule has 3 aromatic carbocycles. The molecule has 6 heteroatoms. The quantitative estimate of drug-likeness (QED) is 0.258. The first kappa shape index (κ1) is 27.6. The van der Waals surface area contributed by atoms with Crippen LogP contribution in [0.15, 0.2) is 72.8 Å². The number of halogens is 1. The second-order valence-corrected chi connectivity index (χ2v) is 16.1. The van der Waals surface area contributed by atoms with E-state index < -0.39 is 20.1 Å². The summed E-state index contributed by atoms with van der Waals surface area (Å²) in [7, 11) is -2.64. The molecule has 4 nitrogen and oxygen atoms in total. The minimum absolute atomic E-state index is 0.0568. The normalized spacial score (nSPS) is 20.9. The molecule has 0 saturated heterocycles. The number of carbonyl (C=O) groups is 1. The van der Waals surface area contributed by atoms with E-state index in [9.17, 15) is 4.79 Å². The van der Waals surface area contributed by atoms with E-state index in [0.717, 1.165) is 24.8 Å². The van der Waals surface area contributed by atoms with Crippen molar-refractivity contribution >= 4 is 24.7 Å². The fourth-order valence-electron chi connectivity index (χ4n) is 6.64. The number of ether oxygens (including phenoxy) is 2. The van der Waals surface area contributed by atoms with Gasteiger partial charge in [0.2, 0.25) is 0 Å². The van der Waals surface area contributed by atoms with Crippen molar-refractivity contribution in [2.45, 2.75) is 64.5 Å². The van der Waals surface area contributed by atoms with Gasteiger partial charge in [0.25, 0.3) is 8.32 Å². The molecule has 3 atom stereocenters. The van der Waals surface area contributed by atoms with Crippen LogP contribution in [-0.2, 0) is 15.6 Å². The van der Waals surface area contributed by atoms with E-state index in [-0.39, 0.29) is 35.0 Å². The zero-order valence-electron chi connectivity index (χ0n) is 23.4. The summed E-state index contributed by atoms with van der Waals surface area (Å²) < 4.78 is 34.1. The Morgan fingerprint density at radius 2 is 1.59 bits per heavy atom. The number of benzene rings is 3. The number of hydrogen-bond acceptors (Lipinski definition) is 4. The zero-order chi connectivity index (χ0) is 27.6. The van der Waals surface area contributed by atoms with Gasteiger partial charge in [-0.15, -0.1) is 0 Å². The maximum Gasteiger partial charge on any atom is 0.341 e. The van der Waals surface area contributed by atoms with Crippen LogP contribution in [0.4, 0.5) is 4.39 Å². The van der Waals surface area contributed by atoms with Crippen molar-refractivity contribution in [1.29, 1.82) is 0 Å². The molecule has 0 N–H and O–H groups in total. The van der Waals surface area contributed by atoms with Crippen molar-refractivity contribution < 1.29 is 23.1 Å². The Balaban J connectivity index is 1.41. The average Bonchev–Trinajstić information content (AvgIpc) is 3.20. The first-order valence-corrected chi connectivity index (χ1v) is 16.1. The lowest BCUT2D eigenvalue weighted by Gasteiger charge is -2.44. The largest absolute Gasteiger partial charge is 0.487 e. The molecular formula is C33H39FO4Si. The molecule has 0 radical (unpaired) electrons. The summed E-state index contributed by atoms with van der Waals surface area (Å²) in [5.74, 6) is -0.440. The summed E-state index contributed by atoms with van der Waals surface area (Å²) in [6.45, 7) is 9.45. The van der Waals surface area contributed by atoms with E-state index in [1.807, 2.05) is 6.07 Å². The summed E-state index contributed by atoms with van der Waals surface area (Å²) in [6, 6.07) is 24.8. The van der Waals surface area contributed by atoms with Crippen molar-refractivity contribution in [1.82, 2.24) is 0 Å². The maximum absolute atomic E-state index is 15.4. The fraction of sp³-hybridized carbons (Fsp3) is 0.424. The lowest BCUT2D eigenvalue weighted by atomic mass is 9.90. The Bertz CT molecular complexity index is 1250. The predicted octanol–water partition coefficient (Wildman–Crippen LogP) is 6.30. The second-order valence-electron chi connectivity index (χ2n) is 11.8. The highest BCUT2D eigenvalue weighted by Crippen LogP contribution is 2.44. The van der Waals surface area contributed by atoms with Gasteiger partial charge in [-0.2, -0.15) is 0 Å². The molecule has 0 unspecified atom stereocenters. The molecule has 0 amide bonds. The summed E-state index contributed by atoms with van der Waals surface area (Å²) in [4.78, 5) is 12.3. The van der Waals surface area contributed by atoms with Gasteiger partial charge in [0, 0.05) is 12.5 Å². The third kappa shape index (κ3) is 5.17. The van der Waals surface area contributed by atoms with Crippen LogP contribution >= 0.6 is 0 Å². The van der Waals surface area contributed by atoms with Crippen LogP contribution in [0.2, 0.25) is 5.04 Å². The van der Waals surface area contributed by atoms with E-state index >= 15 is 4.39 Å². The smallest absolute Gasteiger partial charge is 0.341 e. The zero-order valence-corrected chi connectivity index (χ0v) is 24.4. The Hall–Kier alpha value is -2.96. The van der Waals surface area contributed by atoms with E-state index in [2.05, 4.69) is 81.4 Å². The van der Waals surface area contributed by atoms with Gasteiger partial charge < -0.3 is 13.9 Å². The molecule has 206 valence electrons. The molecule has 1 aliphatic carbocycles. The second kappa shape index (κ2) is 11.3. The van der Waals surface area contributed by atoms with Crippen LogP contribution in [0.3, 0.4) is 0 Å². The summed E-state index contributed by atoms with van der Waals surface area (Å²) in [5, 5.41) is 2.46. The minimum atomic E-state index is -2.64. The van der Waals surface area contributed by atoms with E-state index in [1.165, 1.54) is 16.4 Å². The molecule has 0 spiro atoms. The molecule has 5 rings (SSSR count). The third-order valence-electron chi connectivity index (χ3n) is 8.53. The van der Waals surface area contributed by atoms with E-state index in [1.54, 1.807) is 6.92 Å². The molecule has 3 aromatic rings. The highest BCUT2D eigenvalue weighted by molar-refractivity contribution is 6.99. The minimum Gasteiger partial charge on any atom is -0.487 e. The van der Waals surface area contributed by atoms with Crippen molar-refractivity contribution in [2.24, 2.45) is 11.8 Å². The first-order valence-electron chi connectivity index (χ1n) is 14.2. The number of fused-ring (bicyclic) bond motifs is 2. The van der Waals surface area contributed by atoms with Crippen LogP contribution < -0.4 is 15.1 Å². The highest BCUT2D eigenvalue weighted by atomic mass is 28.4. The number of aryl methyl sites for hydroxylation is 1. The molecular weight excluding hydrogens is 507 g/mol. The highest BCUT2D eigenvalue weighted by Gasteiger charge is 2.51. The Morgan fingerprint density at radius 3 is 2.18 bits per heavy atom. The molecule has 1 fully saturated rings. The number of esters is 1. The van der Waals surface area contributed by atoms with Gasteiger partial charge >= 0.3 is 5.97 Å². The average molecular weight is 547 g/mol.